The second-order valence-electron chi connectivity index (χ2n) is 7.01. The molecule has 0 radical (unpaired) electrons. The topological polar surface area (TPSA) is 72.5 Å². The van der Waals surface area contributed by atoms with Crippen LogP contribution < -0.4 is 9.47 Å². The zero-order chi connectivity index (χ0) is 20.3. The molecule has 0 atom stereocenters. The molecule has 2 aromatic rings. The predicted molar refractivity (Wildman–Crippen MR) is 111 cm³/mol. The Balaban J connectivity index is 1.33. The summed E-state index contributed by atoms with van der Waals surface area (Å²) in [6.45, 7) is 7.28. The van der Waals surface area contributed by atoms with Crippen LogP contribution >= 0.6 is 0 Å². The van der Waals surface area contributed by atoms with E-state index in [-0.39, 0.29) is 0 Å². The van der Waals surface area contributed by atoms with Crippen molar-refractivity contribution in [2.24, 2.45) is 0 Å². The first-order chi connectivity index (χ1) is 14.3. The van der Waals surface area contributed by atoms with Crippen molar-refractivity contribution in [3.05, 3.63) is 59.7 Å². The van der Waals surface area contributed by atoms with Gasteiger partial charge in [-0.3, -0.25) is 9.80 Å². The van der Waals surface area contributed by atoms with Gasteiger partial charge in [0.25, 0.3) is 0 Å². The van der Waals surface area contributed by atoms with Crippen LogP contribution in [0.3, 0.4) is 0 Å². The molecule has 0 N–H and O–H groups in total. The molecule has 1 fully saturated rings. The molecular weight excluding hydrogens is 364 g/mol. The van der Waals surface area contributed by atoms with E-state index in [0.29, 0.717) is 24.3 Å². The van der Waals surface area contributed by atoms with Crippen LogP contribution in [0.15, 0.2) is 48.5 Å². The second kappa shape index (κ2) is 11.1. The molecule has 1 aliphatic rings. The van der Waals surface area contributed by atoms with E-state index in [2.05, 4.69) is 21.9 Å². The molecule has 0 aliphatic carbocycles. The largest absolute Gasteiger partial charge is 0.492 e. The smallest absolute Gasteiger partial charge is 0.119 e. The van der Waals surface area contributed by atoms with Crippen molar-refractivity contribution in [1.82, 2.24) is 9.80 Å². The molecule has 0 spiro atoms. The zero-order valence-corrected chi connectivity index (χ0v) is 16.6. The van der Waals surface area contributed by atoms with Gasteiger partial charge in [-0.05, 0) is 68.0 Å². The molecule has 0 aromatic heterocycles. The van der Waals surface area contributed by atoms with Crippen LogP contribution in [0.4, 0.5) is 0 Å². The minimum absolute atomic E-state index is 0.646. The molecule has 0 unspecified atom stereocenters. The Kier molecular flexibility index (Phi) is 7.89. The third kappa shape index (κ3) is 6.80. The van der Waals surface area contributed by atoms with E-state index in [1.54, 1.807) is 24.3 Å². The standard InChI is InChI=1S/C23H26N4O2/c24-18-20-2-6-22(7-3-20)28-16-14-26-10-1-11-27(13-12-26)15-17-29-23-8-4-21(19-25)5-9-23/h2-9H,1,10-17H2. The van der Waals surface area contributed by atoms with Crippen molar-refractivity contribution in [1.29, 1.82) is 10.5 Å². The Labute approximate surface area is 172 Å². The van der Waals surface area contributed by atoms with E-state index in [4.69, 9.17) is 20.0 Å². The number of rotatable bonds is 8. The molecule has 150 valence electrons. The SMILES string of the molecule is N#Cc1ccc(OCCN2CCCN(CCOc3ccc(C#N)cc3)CC2)cc1. The molecule has 3 rings (SSSR count). The highest BCUT2D eigenvalue weighted by atomic mass is 16.5. The summed E-state index contributed by atoms with van der Waals surface area (Å²) in [5.74, 6) is 1.61. The molecule has 1 saturated heterocycles. The van der Waals surface area contributed by atoms with Gasteiger partial charge in [-0.2, -0.15) is 10.5 Å². The second-order valence-corrected chi connectivity index (χ2v) is 7.01. The summed E-state index contributed by atoms with van der Waals surface area (Å²) in [5.41, 5.74) is 1.29. The van der Waals surface area contributed by atoms with Gasteiger partial charge in [-0.1, -0.05) is 0 Å². The first-order valence-corrected chi connectivity index (χ1v) is 9.97. The summed E-state index contributed by atoms with van der Waals surface area (Å²) in [4.78, 5) is 4.87. The average Bonchev–Trinajstić information content (AvgIpc) is 3.00. The summed E-state index contributed by atoms with van der Waals surface area (Å²) in [7, 11) is 0. The van der Waals surface area contributed by atoms with Gasteiger partial charge in [0, 0.05) is 26.2 Å². The Bertz CT molecular complexity index is 766. The molecule has 29 heavy (non-hydrogen) atoms. The lowest BCUT2D eigenvalue weighted by molar-refractivity contribution is 0.195. The fourth-order valence-corrected chi connectivity index (χ4v) is 3.31. The van der Waals surface area contributed by atoms with Crippen LogP contribution in [-0.4, -0.2) is 62.3 Å². The lowest BCUT2D eigenvalue weighted by Gasteiger charge is -2.22. The van der Waals surface area contributed by atoms with Crippen LogP contribution in [0.5, 0.6) is 11.5 Å². The molecule has 6 heteroatoms. The quantitative estimate of drug-likeness (QED) is 0.690. The lowest BCUT2D eigenvalue weighted by Crippen LogP contribution is -2.34. The number of ether oxygens (including phenoxy) is 2. The summed E-state index contributed by atoms with van der Waals surface area (Å²) >= 11 is 0. The first-order valence-electron chi connectivity index (χ1n) is 9.97. The first kappa shape index (κ1) is 20.7. The zero-order valence-electron chi connectivity index (χ0n) is 16.6. The van der Waals surface area contributed by atoms with Gasteiger partial charge in [0.2, 0.25) is 0 Å². The van der Waals surface area contributed by atoms with Crippen molar-refractivity contribution in [3.8, 4) is 23.6 Å². The van der Waals surface area contributed by atoms with Crippen LogP contribution in [0, 0.1) is 22.7 Å². The Morgan fingerprint density at radius 3 is 1.45 bits per heavy atom. The van der Waals surface area contributed by atoms with Gasteiger partial charge in [-0.25, -0.2) is 0 Å². The van der Waals surface area contributed by atoms with Crippen molar-refractivity contribution in [3.63, 3.8) is 0 Å². The maximum absolute atomic E-state index is 8.83. The van der Waals surface area contributed by atoms with Gasteiger partial charge >= 0.3 is 0 Å². The highest BCUT2D eigenvalue weighted by molar-refractivity contribution is 5.35. The van der Waals surface area contributed by atoms with E-state index in [0.717, 1.165) is 57.2 Å². The molecule has 2 aromatic carbocycles. The summed E-state index contributed by atoms with van der Waals surface area (Å²) in [5, 5.41) is 17.7. The molecule has 0 bridgehead atoms. The van der Waals surface area contributed by atoms with E-state index < -0.39 is 0 Å². The molecule has 6 nitrogen and oxygen atoms in total. The molecule has 1 aliphatic heterocycles. The Morgan fingerprint density at radius 2 is 1.07 bits per heavy atom. The van der Waals surface area contributed by atoms with Crippen molar-refractivity contribution in [2.45, 2.75) is 6.42 Å². The minimum Gasteiger partial charge on any atom is -0.492 e. The molecule has 0 saturated carbocycles. The van der Waals surface area contributed by atoms with Gasteiger partial charge in [0.15, 0.2) is 0 Å². The summed E-state index contributed by atoms with van der Waals surface area (Å²) < 4.78 is 11.6. The molecular formula is C23H26N4O2. The minimum atomic E-state index is 0.646. The number of nitriles is 2. The highest BCUT2D eigenvalue weighted by Gasteiger charge is 2.14. The van der Waals surface area contributed by atoms with E-state index in [1.165, 1.54) is 0 Å². The highest BCUT2D eigenvalue weighted by Crippen LogP contribution is 2.13. The summed E-state index contributed by atoms with van der Waals surface area (Å²) in [6.07, 6.45) is 1.13. The predicted octanol–water partition coefficient (Wildman–Crippen LogP) is 2.90. The van der Waals surface area contributed by atoms with Crippen molar-refractivity contribution < 1.29 is 9.47 Å². The summed E-state index contributed by atoms with van der Waals surface area (Å²) in [6, 6.07) is 18.7. The Morgan fingerprint density at radius 1 is 0.655 bits per heavy atom. The van der Waals surface area contributed by atoms with Crippen LogP contribution in [0.1, 0.15) is 17.5 Å². The van der Waals surface area contributed by atoms with Gasteiger partial charge in [0.1, 0.15) is 24.7 Å². The molecule has 1 heterocycles. The number of hydrogen-bond acceptors (Lipinski definition) is 6. The van der Waals surface area contributed by atoms with Crippen LogP contribution in [0.2, 0.25) is 0 Å². The van der Waals surface area contributed by atoms with E-state index in [1.807, 2.05) is 24.3 Å². The third-order valence-corrected chi connectivity index (χ3v) is 5.00. The fraction of sp³-hybridized carbons (Fsp3) is 0.391. The van der Waals surface area contributed by atoms with E-state index >= 15 is 0 Å². The van der Waals surface area contributed by atoms with Crippen molar-refractivity contribution in [2.75, 3.05) is 52.5 Å². The fourth-order valence-electron chi connectivity index (χ4n) is 3.31. The normalized spacial score (nSPS) is 15.1. The number of hydrogen-bond donors (Lipinski definition) is 0. The average molecular weight is 390 g/mol. The van der Waals surface area contributed by atoms with Crippen LogP contribution in [0.25, 0.3) is 0 Å². The maximum atomic E-state index is 8.83. The van der Waals surface area contributed by atoms with Gasteiger partial charge < -0.3 is 9.47 Å². The number of nitrogens with zero attached hydrogens (tertiary/aromatic N) is 4. The molecule has 0 amide bonds. The van der Waals surface area contributed by atoms with Crippen LogP contribution in [-0.2, 0) is 0 Å². The van der Waals surface area contributed by atoms with E-state index in [9.17, 15) is 0 Å². The lowest BCUT2D eigenvalue weighted by atomic mass is 10.2. The monoisotopic (exact) mass is 390 g/mol. The van der Waals surface area contributed by atoms with Gasteiger partial charge in [0.05, 0.1) is 23.3 Å². The Hall–Kier alpha value is -3.06. The third-order valence-electron chi connectivity index (χ3n) is 5.00. The van der Waals surface area contributed by atoms with Gasteiger partial charge in [-0.15, -0.1) is 0 Å². The number of benzene rings is 2. The maximum Gasteiger partial charge on any atom is 0.119 e. The van der Waals surface area contributed by atoms with Crippen molar-refractivity contribution >= 4 is 0 Å².